The topological polar surface area (TPSA) is 93.5 Å². The molecule has 0 spiro atoms. The molecule has 0 fully saturated rings. The van der Waals surface area contributed by atoms with Crippen molar-refractivity contribution in [1.29, 1.82) is 0 Å². The fourth-order valence-electron chi connectivity index (χ4n) is 1.42. The lowest BCUT2D eigenvalue weighted by Crippen LogP contribution is -2.43. The van der Waals surface area contributed by atoms with E-state index in [0.29, 0.717) is 24.6 Å². The number of benzene rings is 1. The number of hydrogen-bond donors (Lipinski definition) is 3. The van der Waals surface area contributed by atoms with Gasteiger partial charge in [0.25, 0.3) is 10.2 Å². The van der Waals surface area contributed by atoms with Crippen molar-refractivity contribution in [3.8, 4) is 5.75 Å². The van der Waals surface area contributed by atoms with Crippen molar-refractivity contribution in [3.63, 3.8) is 0 Å². The molecule has 0 radical (unpaired) electrons. The van der Waals surface area contributed by atoms with Crippen LogP contribution in [0.25, 0.3) is 0 Å². The van der Waals surface area contributed by atoms with Crippen molar-refractivity contribution in [1.82, 2.24) is 4.72 Å². The van der Waals surface area contributed by atoms with Crippen molar-refractivity contribution in [3.05, 3.63) is 24.3 Å². The Morgan fingerprint density at radius 1 is 1.26 bits per heavy atom. The molecule has 0 heterocycles. The Hall–Kier alpha value is -1.31. The summed E-state index contributed by atoms with van der Waals surface area (Å²) in [6.07, 6.45) is 0. The maximum Gasteiger partial charge on any atom is 0.299 e. The Morgan fingerprint density at radius 3 is 2.47 bits per heavy atom. The third kappa shape index (κ3) is 5.91. The predicted octanol–water partition coefficient (Wildman–Crippen LogP) is 1.07. The van der Waals surface area contributed by atoms with Gasteiger partial charge < -0.3 is 10.5 Å². The molecule has 0 saturated heterocycles. The number of anilines is 1. The minimum Gasteiger partial charge on any atom is -0.490 e. The van der Waals surface area contributed by atoms with Crippen LogP contribution in [-0.4, -0.2) is 27.1 Å². The average Bonchev–Trinajstić information content (AvgIpc) is 2.24. The zero-order valence-electron chi connectivity index (χ0n) is 11.4. The van der Waals surface area contributed by atoms with Gasteiger partial charge in [0.2, 0.25) is 0 Å². The molecular weight excluding hydrogens is 266 g/mol. The Labute approximate surface area is 114 Å². The minimum absolute atomic E-state index is 0.325. The number of nitrogens with one attached hydrogen (secondary N) is 2. The summed E-state index contributed by atoms with van der Waals surface area (Å²) in [6.45, 7) is 5.99. The highest BCUT2D eigenvalue weighted by Crippen LogP contribution is 2.24. The Kier molecular flexibility index (Phi) is 5.16. The van der Waals surface area contributed by atoms with Crippen LogP contribution in [0, 0.1) is 0 Å². The molecule has 0 unspecified atom stereocenters. The second-order valence-corrected chi connectivity index (χ2v) is 6.51. The summed E-state index contributed by atoms with van der Waals surface area (Å²) in [4.78, 5) is 0. The van der Waals surface area contributed by atoms with E-state index in [2.05, 4.69) is 9.44 Å². The van der Waals surface area contributed by atoms with Crippen LogP contribution >= 0.6 is 0 Å². The van der Waals surface area contributed by atoms with Crippen LogP contribution in [-0.2, 0) is 10.2 Å². The third-order valence-corrected chi connectivity index (χ3v) is 3.32. The van der Waals surface area contributed by atoms with Crippen LogP contribution in [0.4, 0.5) is 5.69 Å². The summed E-state index contributed by atoms with van der Waals surface area (Å²) in [6, 6.07) is 6.81. The van der Waals surface area contributed by atoms with E-state index >= 15 is 0 Å². The number of para-hydroxylation sites is 2. The van der Waals surface area contributed by atoms with E-state index in [1.165, 1.54) is 0 Å². The molecule has 6 nitrogen and oxygen atoms in total. The minimum atomic E-state index is -3.65. The molecule has 0 aliphatic heterocycles. The van der Waals surface area contributed by atoms with Gasteiger partial charge in [0.1, 0.15) is 12.4 Å². The number of nitrogens with two attached hydrogens (primary N) is 1. The van der Waals surface area contributed by atoms with Crippen molar-refractivity contribution in [2.24, 2.45) is 5.73 Å². The quantitative estimate of drug-likeness (QED) is 0.729. The first kappa shape index (κ1) is 15.7. The molecule has 0 aromatic heterocycles. The molecule has 0 bridgehead atoms. The van der Waals surface area contributed by atoms with Gasteiger partial charge in [0, 0.05) is 12.1 Å². The highest BCUT2D eigenvalue weighted by molar-refractivity contribution is 7.90. The van der Waals surface area contributed by atoms with Gasteiger partial charge in [0.05, 0.1) is 5.69 Å². The largest absolute Gasteiger partial charge is 0.490 e. The molecule has 4 N–H and O–H groups in total. The van der Waals surface area contributed by atoms with Crippen LogP contribution in [0.5, 0.6) is 5.75 Å². The molecule has 0 atom stereocenters. The van der Waals surface area contributed by atoms with Crippen molar-refractivity contribution in [2.45, 2.75) is 26.3 Å². The van der Waals surface area contributed by atoms with Crippen LogP contribution < -0.4 is 19.9 Å². The average molecular weight is 287 g/mol. The fourth-order valence-corrected chi connectivity index (χ4v) is 2.73. The second-order valence-electron chi connectivity index (χ2n) is 5.09. The lowest BCUT2D eigenvalue weighted by atomic mass is 10.1. The van der Waals surface area contributed by atoms with Gasteiger partial charge in [-0.2, -0.15) is 13.1 Å². The molecule has 1 aromatic rings. The molecule has 7 heteroatoms. The van der Waals surface area contributed by atoms with E-state index in [1.54, 1.807) is 45.0 Å². The molecule has 19 heavy (non-hydrogen) atoms. The first-order chi connectivity index (χ1) is 8.73. The van der Waals surface area contributed by atoms with Crippen molar-refractivity contribution < 1.29 is 13.2 Å². The zero-order valence-corrected chi connectivity index (χ0v) is 12.3. The molecule has 0 aliphatic carbocycles. The molecule has 1 rings (SSSR count). The van der Waals surface area contributed by atoms with E-state index in [1.807, 2.05) is 0 Å². The number of rotatable bonds is 6. The molecule has 1 aromatic carbocycles. The summed E-state index contributed by atoms with van der Waals surface area (Å²) >= 11 is 0. The first-order valence-electron chi connectivity index (χ1n) is 5.97. The number of hydrogen-bond acceptors (Lipinski definition) is 4. The summed E-state index contributed by atoms with van der Waals surface area (Å²) in [5.74, 6) is 0.451. The molecule has 108 valence electrons. The van der Waals surface area contributed by atoms with E-state index in [9.17, 15) is 8.42 Å². The fraction of sp³-hybridized carbons (Fsp3) is 0.500. The van der Waals surface area contributed by atoms with Gasteiger partial charge >= 0.3 is 0 Å². The highest BCUT2D eigenvalue weighted by atomic mass is 32.2. The van der Waals surface area contributed by atoms with Gasteiger partial charge in [-0.1, -0.05) is 12.1 Å². The number of ether oxygens (including phenoxy) is 1. The van der Waals surface area contributed by atoms with Crippen molar-refractivity contribution in [2.75, 3.05) is 17.9 Å². The molecule has 0 saturated carbocycles. The van der Waals surface area contributed by atoms with Crippen molar-refractivity contribution >= 4 is 15.9 Å². The van der Waals surface area contributed by atoms with E-state index < -0.39 is 15.7 Å². The van der Waals surface area contributed by atoms with E-state index in [-0.39, 0.29) is 0 Å². The Balaban J connectivity index is 2.87. The van der Waals surface area contributed by atoms with Gasteiger partial charge in [0.15, 0.2) is 0 Å². The third-order valence-electron chi connectivity index (χ3n) is 1.95. The Bertz CT molecular complexity index is 509. The van der Waals surface area contributed by atoms with Crippen LogP contribution in [0.2, 0.25) is 0 Å². The molecular formula is C12H21N3O3S. The monoisotopic (exact) mass is 287 g/mol. The van der Waals surface area contributed by atoms with Gasteiger partial charge in [-0.15, -0.1) is 0 Å². The summed E-state index contributed by atoms with van der Waals surface area (Å²) in [5.41, 5.74) is 5.19. The highest BCUT2D eigenvalue weighted by Gasteiger charge is 2.20. The smallest absolute Gasteiger partial charge is 0.299 e. The summed E-state index contributed by atoms with van der Waals surface area (Å²) in [7, 11) is -3.65. The van der Waals surface area contributed by atoms with Crippen LogP contribution in [0.3, 0.4) is 0 Å². The first-order valence-corrected chi connectivity index (χ1v) is 7.45. The lowest BCUT2D eigenvalue weighted by molar-refractivity contribution is 0.330. The Morgan fingerprint density at radius 2 is 1.89 bits per heavy atom. The summed E-state index contributed by atoms with van der Waals surface area (Å²) in [5, 5.41) is 0. The SMILES string of the molecule is CC(C)(C)NS(=O)(=O)Nc1ccccc1OCCN. The standard InChI is InChI=1S/C12H21N3O3S/c1-12(2,3)15-19(16,17)14-10-6-4-5-7-11(10)18-9-8-13/h4-7,14-15H,8-9,13H2,1-3H3. The van der Waals surface area contributed by atoms with E-state index in [4.69, 9.17) is 10.5 Å². The van der Waals surface area contributed by atoms with Gasteiger partial charge in [-0.3, -0.25) is 4.72 Å². The second kappa shape index (κ2) is 6.23. The van der Waals surface area contributed by atoms with Gasteiger partial charge in [-0.25, -0.2) is 0 Å². The van der Waals surface area contributed by atoms with E-state index in [0.717, 1.165) is 0 Å². The maximum absolute atomic E-state index is 11.9. The maximum atomic E-state index is 11.9. The van der Waals surface area contributed by atoms with Crippen LogP contribution in [0.15, 0.2) is 24.3 Å². The normalized spacial score (nSPS) is 12.2. The van der Waals surface area contributed by atoms with Gasteiger partial charge in [-0.05, 0) is 32.9 Å². The molecule has 0 amide bonds. The predicted molar refractivity (Wildman–Crippen MR) is 76.4 cm³/mol. The van der Waals surface area contributed by atoms with Crippen LogP contribution in [0.1, 0.15) is 20.8 Å². The lowest BCUT2D eigenvalue weighted by Gasteiger charge is -2.21. The zero-order chi connectivity index (χ0) is 14.5. The molecule has 0 aliphatic rings. The summed E-state index contributed by atoms with van der Waals surface area (Å²) < 4.78 is 34.2.